The van der Waals surface area contributed by atoms with E-state index in [1.54, 1.807) is 13.0 Å². The van der Waals surface area contributed by atoms with Gasteiger partial charge in [0.25, 0.3) is 0 Å². The highest BCUT2D eigenvalue weighted by Gasteiger charge is 2.31. The van der Waals surface area contributed by atoms with E-state index in [0.29, 0.717) is 36.5 Å². The number of nitrogens with one attached hydrogen (secondary N) is 1. The molecule has 1 aromatic heterocycles. The number of nitrogens with zero attached hydrogens (tertiary/aromatic N) is 4. The van der Waals surface area contributed by atoms with Crippen molar-refractivity contribution in [3.05, 3.63) is 47.8 Å². The lowest BCUT2D eigenvalue weighted by Crippen LogP contribution is -2.39. The van der Waals surface area contributed by atoms with Crippen molar-refractivity contribution >= 4 is 23.7 Å². The van der Waals surface area contributed by atoms with E-state index in [2.05, 4.69) is 48.1 Å². The number of imide groups is 1. The van der Waals surface area contributed by atoms with Crippen LogP contribution in [-0.2, 0) is 17.9 Å². The van der Waals surface area contributed by atoms with E-state index >= 15 is 0 Å². The number of ether oxygens (including phenoxy) is 1. The molecule has 2 heterocycles. The molecular formula is C22H29N5O3S. The minimum absolute atomic E-state index is 0.243. The number of aromatic nitrogens is 3. The minimum Gasteiger partial charge on any atom is -0.485 e. The predicted octanol–water partition coefficient (Wildman–Crippen LogP) is 3.51. The van der Waals surface area contributed by atoms with Crippen molar-refractivity contribution in [2.24, 2.45) is 0 Å². The van der Waals surface area contributed by atoms with Crippen molar-refractivity contribution in [1.29, 1.82) is 0 Å². The Kier molecular flexibility index (Phi) is 7.37. The Bertz CT molecular complexity index is 972. The van der Waals surface area contributed by atoms with E-state index in [0.717, 1.165) is 16.9 Å². The molecule has 8 nitrogen and oxygen atoms in total. The van der Waals surface area contributed by atoms with Crippen molar-refractivity contribution in [3.8, 4) is 5.75 Å². The number of amides is 3. The maximum absolute atomic E-state index is 12.6. The van der Waals surface area contributed by atoms with E-state index in [1.165, 1.54) is 16.7 Å². The summed E-state index contributed by atoms with van der Waals surface area (Å²) in [6.07, 6.45) is 1.75. The van der Waals surface area contributed by atoms with Crippen LogP contribution in [0.2, 0.25) is 0 Å². The van der Waals surface area contributed by atoms with Crippen molar-refractivity contribution in [3.63, 3.8) is 0 Å². The molecule has 9 heteroatoms. The summed E-state index contributed by atoms with van der Waals surface area (Å²) in [5, 5.41) is 11.3. The van der Waals surface area contributed by atoms with Crippen molar-refractivity contribution in [2.75, 3.05) is 13.1 Å². The van der Waals surface area contributed by atoms with Gasteiger partial charge in [-0.25, -0.2) is 4.79 Å². The fraction of sp³-hybridized carbons (Fsp3) is 0.455. The van der Waals surface area contributed by atoms with Gasteiger partial charge in [-0.05, 0) is 37.0 Å². The van der Waals surface area contributed by atoms with E-state index in [4.69, 9.17) is 4.74 Å². The van der Waals surface area contributed by atoms with Gasteiger partial charge in [0.2, 0.25) is 5.91 Å². The lowest BCUT2D eigenvalue weighted by atomic mass is 10.0. The SMILES string of the molecule is C=CCn1c(COc2cc(C)ccc2C(C)C)nnc1SC(C)C(=O)N1CCNC1=O. The Labute approximate surface area is 187 Å². The molecule has 1 fully saturated rings. The summed E-state index contributed by atoms with van der Waals surface area (Å²) in [5.41, 5.74) is 2.26. The fourth-order valence-electron chi connectivity index (χ4n) is 3.32. The smallest absolute Gasteiger partial charge is 0.324 e. The van der Waals surface area contributed by atoms with Gasteiger partial charge in [-0.1, -0.05) is 43.8 Å². The number of rotatable bonds is 9. The molecule has 0 aliphatic carbocycles. The number of thioether (sulfide) groups is 1. The quantitative estimate of drug-likeness (QED) is 0.471. The number of allylic oxidation sites excluding steroid dienone is 1. The molecule has 0 radical (unpaired) electrons. The van der Waals surface area contributed by atoms with Crippen molar-refractivity contribution in [1.82, 2.24) is 25.0 Å². The van der Waals surface area contributed by atoms with Crippen LogP contribution in [0.4, 0.5) is 4.79 Å². The third-order valence-electron chi connectivity index (χ3n) is 5.01. The molecule has 0 saturated carbocycles. The predicted molar refractivity (Wildman–Crippen MR) is 120 cm³/mol. The molecule has 1 aliphatic heterocycles. The number of hydrogen-bond acceptors (Lipinski definition) is 6. The third-order valence-corrected chi connectivity index (χ3v) is 6.07. The van der Waals surface area contributed by atoms with E-state index in [1.807, 2.05) is 17.6 Å². The summed E-state index contributed by atoms with van der Waals surface area (Å²) in [5.74, 6) is 1.58. The number of carbonyl (C=O) groups is 2. The summed E-state index contributed by atoms with van der Waals surface area (Å²) >= 11 is 1.27. The normalized spacial score (nSPS) is 14.6. The summed E-state index contributed by atoms with van der Waals surface area (Å²) < 4.78 is 8.00. The molecule has 1 unspecified atom stereocenters. The first-order valence-corrected chi connectivity index (χ1v) is 11.2. The number of carbonyl (C=O) groups excluding carboxylic acids is 2. The van der Waals surface area contributed by atoms with Gasteiger partial charge in [-0.2, -0.15) is 0 Å². The van der Waals surface area contributed by atoms with Crippen LogP contribution in [0.1, 0.15) is 43.6 Å². The monoisotopic (exact) mass is 443 g/mol. The minimum atomic E-state index is -0.477. The van der Waals surface area contributed by atoms with Gasteiger partial charge in [0, 0.05) is 19.6 Å². The Balaban J connectivity index is 1.75. The lowest BCUT2D eigenvalue weighted by Gasteiger charge is -2.17. The molecule has 1 saturated heterocycles. The first-order chi connectivity index (χ1) is 14.8. The Morgan fingerprint density at radius 1 is 1.35 bits per heavy atom. The van der Waals surface area contributed by atoms with E-state index < -0.39 is 5.25 Å². The second kappa shape index (κ2) is 10.00. The molecule has 1 aliphatic rings. The average molecular weight is 444 g/mol. The second-order valence-electron chi connectivity index (χ2n) is 7.76. The molecule has 166 valence electrons. The third kappa shape index (κ3) is 5.28. The number of hydrogen-bond donors (Lipinski definition) is 1. The molecule has 3 rings (SSSR count). The van der Waals surface area contributed by atoms with Crippen LogP contribution >= 0.6 is 11.8 Å². The molecule has 3 amide bonds. The standard InChI is InChI=1S/C22H29N5O3S/c1-6-10-26-19(13-30-18-12-15(4)7-8-17(18)14(2)3)24-25-22(26)31-16(5)20(28)27-11-9-23-21(27)29/h6-8,12,14,16H,1,9-11,13H2,2-5H3,(H,23,29). The van der Waals surface area contributed by atoms with Crippen LogP contribution in [0.25, 0.3) is 0 Å². The van der Waals surface area contributed by atoms with Crippen LogP contribution in [-0.4, -0.2) is 49.9 Å². The Morgan fingerprint density at radius 3 is 2.77 bits per heavy atom. The van der Waals surface area contributed by atoms with Gasteiger partial charge >= 0.3 is 6.03 Å². The van der Waals surface area contributed by atoms with Crippen LogP contribution in [0.3, 0.4) is 0 Å². The highest BCUT2D eigenvalue weighted by molar-refractivity contribution is 8.00. The van der Waals surface area contributed by atoms with Crippen LogP contribution in [0.5, 0.6) is 5.75 Å². The zero-order valence-corrected chi connectivity index (χ0v) is 19.2. The van der Waals surface area contributed by atoms with Crippen LogP contribution < -0.4 is 10.1 Å². The average Bonchev–Trinajstić information content (AvgIpc) is 3.32. The summed E-state index contributed by atoms with van der Waals surface area (Å²) in [6.45, 7) is 13.5. The maximum atomic E-state index is 12.6. The van der Waals surface area contributed by atoms with Gasteiger partial charge in [0.15, 0.2) is 11.0 Å². The van der Waals surface area contributed by atoms with Gasteiger partial charge in [-0.15, -0.1) is 16.8 Å². The molecule has 1 N–H and O–H groups in total. The van der Waals surface area contributed by atoms with Gasteiger partial charge < -0.3 is 10.1 Å². The molecule has 1 aromatic carbocycles. The molecule has 31 heavy (non-hydrogen) atoms. The molecular weight excluding hydrogens is 414 g/mol. The number of benzene rings is 1. The highest BCUT2D eigenvalue weighted by Crippen LogP contribution is 2.29. The van der Waals surface area contributed by atoms with Gasteiger partial charge in [-0.3, -0.25) is 14.3 Å². The molecule has 1 atom stereocenters. The zero-order chi connectivity index (χ0) is 22.5. The summed E-state index contributed by atoms with van der Waals surface area (Å²) in [7, 11) is 0. The number of urea groups is 1. The van der Waals surface area contributed by atoms with Crippen molar-refractivity contribution in [2.45, 2.75) is 57.2 Å². The second-order valence-corrected chi connectivity index (χ2v) is 9.07. The van der Waals surface area contributed by atoms with E-state index in [-0.39, 0.29) is 18.5 Å². The Morgan fingerprint density at radius 2 is 2.13 bits per heavy atom. The molecule has 0 bridgehead atoms. The van der Waals surface area contributed by atoms with Crippen molar-refractivity contribution < 1.29 is 14.3 Å². The number of aryl methyl sites for hydroxylation is 1. The topological polar surface area (TPSA) is 89.3 Å². The first kappa shape index (κ1) is 22.9. The molecule has 2 aromatic rings. The zero-order valence-electron chi connectivity index (χ0n) is 18.4. The molecule has 0 spiro atoms. The Hall–Kier alpha value is -2.81. The fourth-order valence-corrected chi connectivity index (χ4v) is 4.26. The van der Waals surface area contributed by atoms with E-state index in [9.17, 15) is 9.59 Å². The maximum Gasteiger partial charge on any atom is 0.324 e. The first-order valence-electron chi connectivity index (χ1n) is 10.3. The highest BCUT2D eigenvalue weighted by atomic mass is 32.2. The lowest BCUT2D eigenvalue weighted by molar-refractivity contribution is -0.126. The van der Waals surface area contributed by atoms with Crippen LogP contribution in [0, 0.1) is 6.92 Å². The van der Waals surface area contributed by atoms with Gasteiger partial charge in [0.1, 0.15) is 12.4 Å². The van der Waals surface area contributed by atoms with Crippen LogP contribution in [0.15, 0.2) is 36.0 Å². The van der Waals surface area contributed by atoms with Gasteiger partial charge in [0.05, 0.1) is 5.25 Å². The largest absolute Gasteiger partial charge is 0.485 e. The summed E-state index contributed by atoms with van der Waals surface area (Å²) in [4.78, 5) is 25.6. The summed E-state index contributed by atoms with van der Waals surface area (Å²) in [6, 6.07) is 5.85.